The number of hydrogen-bond acceptors (Lipinski definition) is 5. The number of benzene rings is 4. The molecule has 4 aromatic carbocycles. The van der Waals surface area contributed by atoms with Gasteiger partial charge in [0.25, 0.3) is 0 Å². The lowest BCUT2D eigenvalue weighted by atomic mass is 9.79. The van der Waals surface area contributed by atoms with Crippen LogP contribution < -0.4 is 0 Å². The summed E-state index contributed by atoms with van der Waals surface area (Å²) in [4.78, 5) is 15.0. The lowest BCUT2D eigenvalue weighted by Gasteiger charge is -2.27. The van der Waals surface area contributed by atoms with Crippen molar-refractivity contribution in [3.05, 3.63) is 107 Å². The monoisotopic (exact) mass is 625 g/mol. The number of pyridine rings is 1. The third kappa shape index (κ3) is 6.09. The fourth-order valence-corrected chi connectivity index (χ4v) is 6.84. The van der Waals surface area contributed by atoms with Gasteiger partial charge in [-0.3, -0.25) is 9.98 Å². The van der Waals surface area contributed by atoms with Crippen molar-refractivity contribution in [1.29, 1.82) is 0 Å². The predicted molar refractivity (Wildman–Crippen MR) is 197 cm³/mol. The highest BCUT2D eigenvalue weighted by atomic mass is 32.1. The number of thiazole rings is 1. The topological polar surface area (TPSA) is 58.4 Å². The zero-order chi connectivity index (χ0) is 33.0. The van der Waals surface area contributed by atoms with E-state index in [1.165, 1.54) is 11.1 Å². The molecule has 2 heterocycles. The molecule has 0 radical (unpaired) electrons. The number of hydrogen-bond donors (Lipinski definition) is 1. The van der Waals surface area contributed by atoms with E-state index >= 15 is 0 Å². The molecule has 0 bridgehead atoms. The summed E-state index contributed by atoms with van der Waals surface area (Å²) >= 11 is 1.69. The zero-order valence-corrected chi connectivity index (χ0v) is 29.2. The number of rotatable bonds is 4. The fourth-order valence-electron chi connectivity index (χ4n) is 5.77. The van der Waals surface area contributed by atoms with E-state index in [4.69, 9.17) is 15.0 Å². The Morgan fingerprint density at radius 1 is 0.674 bits per heavy atom. The lowest BCUT2D eigenvalue weighted by Crippen LogP contribution is -2.17. The Hall–Kier alpha value is -4.35. The molecule has 0 atom stereocenters. The summed E-state index contributed by atoms with van der Waals surface area (Å²) in [5.74, 6) is 0.282. The highest BCUT2D eigenvalue weighted by molar-refractivity contribution is 7.21. The van der Waals surface area contributed by atoms with Crippen molar-refractivity contribution in [1.82, 2.24) is 9.97 Å². The van der Waals surface area contributed by atoms with Crippen molar-refractivity contribution in [2.75, 3.05) is 0 Å². The van der Waals surface area contributed by atoms with Crippen molar-refractivity contribution in [2.24, 2.45) is 4.99 Å². The molecule has 5 heteroatoms. The quantitative estimate of drug-likeness (QED) is 0.198. The van der Waals surface area contributed by atoms with Crippen LogP contribution in [0.3, 0.4) is 0 Å². The van der Waals surface area contributed by atoms with Crippen molar-refractivity contribution >= 4 is 44.4 Å². The number of para-hydroxylation sites is 2. The van der Waals surface area contributed by atoms with E-state index in [1.807, 2.05) is 30.5 Å². The molecule has 0 aliphatic carbocycles. The van der Waals surface area contributed by atoms with Gasteiger partial charge >= 0.3 is 0 Å². The van der Waals surface area contributed by atoms with Crippen LogP contribution in [-0.2, 0) is 16.2 Å². The molecule has 1 N–H and O–H groups in total. The maximum Gasteiger partial charge on any atom is 0.128 e. The molecule has 2 aromatic heterocycles. The van der Waals surface area contributed by atoms with E-state index in [2.05, 4.69) is 117 Å². The van der Waals surface area contributed by atoms with Gasteiger partial charge in [0.1, 0.15) is 10.8 Å². The van der Waals surface area contributed by atoms with Crippen LogP contribution in [-0.4, -0.2) is 21.3 Å². The van der Waals surface area contributed by atoms with E-state index in [-0.39, 0.29) is 22.0 Å². The van der Waals surface area contributed by atoms with Crippen LogP contribution >= 0.6 is 11.3 Å². The van der Waals surface area contributed by atoms with Gasteiger partial charge in [-0.2, -0.15) is 0 Å². The van der Waals surface area contributed by atoms with Gasteiger partial charge in [-0.1, -0.05) is 105 Å². The Labute approximate surface area is 276 Å². The molecule has 4 nitrogen and oxygen atoms in total. The molecule has 0 amide bonds. The minimum absolute atomic E-state index is 0.0389. The van der Waals surface area contributed by atoms with E-state index in [1.54, 1.807) is 17.6 Å². The highest BCUT2D eigenvalue weighted by Gasteiger charge is 2.25. The number of aliphatic imine (C=N–C) groups is 1. The third-order valence-corrected chi connectivity index (χ3v) is 9.61. The third-order valence-electron chi connectivity index (χ3n) is 8.57. The van der Waals surface area contributed by atoms with Gasteiger partial charge in [0.05, 0.1) is 21.4 Å². The average molecular weight is 626 g/mol. The second-order valence-electron chi connectivity index (χ2n) is 15.3. The lowest BCUT2D eigenvalue weighted by molar-refractivity contribution is 0.444. The maximum absolute atomic E-state index is 11.4. The molecule has 0 aliphatic heterocycles. The Balaban J connectivity index is 1.51. The Morgan fingerprint density at radius 2 is 1.35 bits per heavy atom. The number of fused-ring (bicyclic) bond motifs is 2. The van der Waals surface area contributed by atoms with Gasteiger partial charge in [-0.15, -0.1) is 11.3 Å². The van der Waals surface area contributed by atoms with Crippen LogP contribution in [0.25, 0.3) is 42.8 Å². The standard InChI is InChI=1S/C41H43N3OS/c1-39(2,3)27-20-26(37(45)32(22-27)41(7,8)9)24-43-33-18-11-10-16-30(33)38-44-36-31(21-28(40(4,5)6)23-34(36)46-38)29-17-12-14-25-15-13-19-42-35(25)29/h10-24,45H,1-9H3. The van der Waals surface area contributed by atoms with Crippen molar-refractivity contribution in [3.8, 4) is 27.4 Å². The number of nitrogens with zero attached hydrogens (tertiary/aromatic N) is 3. The molecule has 0 unspecified atom stereocenters. The maximum atomic E-state index is 11.4. The first-order valence-corrected chi connectivity index (χ1v) is 16.7. The molecule has 0 aliphatic rings. The van der Waals surface area contributed by atoms with E-state index in [0.717, 1.165) is 59.6 Å². The SMILES string of the molecule is CC(C)(C)c1cc(C=Nc2ccccc2-c2nc3c(-c4cccc5cccnc45)cc(C(C)(C)C)cc3s2)c(O)c(C(C)(C)C)c1. The molecule has 6 rings (SSSR count). The van der Waals surface area contributed by atoms with Gasteiger partial charge in [0.2, 0.25) is 0 Å². The second-order valence-corrected chi connectivity index (χ2v) is 16.3. The van der Waals surface area contributed by atoms with Gasteiger partial charge in [-0.05, 0) is 63.8 Å². The van der Waals surface area contributed by atoms with E-state index in [0.29, 0.717) is 0 Å². The van der Waals surface area contributed by atoms with Gasteiger partial charge in [0.15, 0.2) is 0 Å². The number of phenolic OH excluding ortho intramolecular Hbond substituents is 1. The van der Waals surface area contributed by atoms with Crippen molar-refractivity contribution in [2.45, 2.75) is 78.6 Å². The largest absolute Gasteiger partial charge is 0.507 e. The van der Waals surface area contributed by atoms with Crippen LogP contribution in [0.1, 0.15) is 84.6 Å². The first-order chi connectivity index (χ1) is 21.6. The summed E-state index contributed by atoms with van der Waals surface area (Å²) < 4.78 is 1.13. The Morgan fingerprint density at radius 3 is 2.07 bits per heavy atom. The summed E-state index contributed by atoms with van der Waals surface area (Å²) in [6.45, 7) is 19.7. The normalized spacial score (nSPS) is 12.9. The summed E-state index contributed by atoms with van der Waals surface area (Å²) in [7, 11) is 0. The predicted octanol–water partition coefficient (Wildman–Crippen LogP) is 11.5. The van der Waals surface area contributed by atoms with Gasteiger partial charge < -0.3 is 5.11 Å². The zero-order valence-electron chi connectivity index (χ0n) is 28.4. The molecule has 0 saturated carbocycles. The summed E-state index contributed by atoms with van der Waals surface area (Å²) in [6, 6.07) is 27.4. The Kier molecular flexibility index (Phi) is 7.88. The van der Waals surface area contributed by atoms with Crippen molar-refractivity contribution in [3.63, 3.8) is 0 Å². The molecule has 0 spiro atoms. The molecular weight excluding hydrogens is 583 g/mol. The van der Waals surface area contributed by atoms with Crippen LogP contribution in [0.15, 0.2) is 90.1 Å². The average Bonchev–Trinajstić information content (AvgIpc) is 3.43. The molecule has 6 aromatic rings. The molecular formula is C41H43N3OS. The molecule has 234 valence electrons. The first kappa shape index (κ1) is 31.6. The number of aromatic nitrogens is 2. The minimum Gasteiger partial charge on any atom is -0.507 e. The van der Waals surface area contributed by atoms with Gasteiger partial charge in [0, 0.05) is 45.6 Å². The summed E-state index contributed by atoms with van der Waals surface area (Å²) in [5, 5.41) is 13.4. The van der Waals surface area contributed by atoms with Gasteiger partial charge in [-0.25, -0.2) is 4.98 Å². The molecule has 46 heavy (non-hydrogen) atoms. The first-order valence-electron chi connectivity index (χ1n) is 15.9. The Bertz CT molecular complexity index is 2110. The van der Waals surface area contributed by atoms with E-state index < -0.39 is 0 Å². The van der Waals surface area contributed by atoms with Crippen LogP contribution in [0.4, 0.5) is 5.69 Å². The molecule has 0 fully saturated rings. The van der Waals surface area contributed by atoms with Crippen LogP contribution in [0, 0.1) is 0 Å². The van der Waals surface area contributed by atoms with Crippen molar-refractivity contribution < 1.29 is 5.11 Å². The summed E-state index contributed by atoms with van der Waals surface area (Å²) in [5.41, 5.74) is 9.63. The highest BCUT2D eigenvalue weighted by Crippen LogP contribution is 2.43. The van der Waals surface area contributed by atoms with E-state index in [9.17, 15) is 5.11 Å². The fraction of sp³-hybridized carbons (Fsp3) is 0.293. The number of aromatic hydroxyl groups is 1. The second kappa shape index (κ2) is 11.5. The molecule has 0 saturated heterocycles. The summed E-state index contributed by atoms with van der Waals surface area (Å²) in [6.07, 6.45) is 3.66. The smallest absolute Gasteiger partial charge is 0.128 e. The van der Waals surface area contributed by atoms with Crippen LogP contribution in [0.5, 0.6) is 5.75 Å². The number of phenols is 1. The van der Waals surface area contributed by atoms with Crippen LogP contribution in [0.2, 0.25) is 0 Å². The minimum atomic E-state index is -0.212.